The third-order valence-electron chi connectivity index (χ3n) is 2.99. The van der Waals surface area contributed by atoms with Gasteiger partial charge in [0.15, 0.2) is 0 Å². The molecule has 1 aromatic rings. The van der Waals surface area contributed by atoms with E-state index >= 15 is 0 Å². The van der Waals surface area contributed by atoms with E-state index in [-0.39, 0.29) is 5.91 Å². The second-order valence-electron chi connectivity index (χ2n) is 4.85. The van der Waals surface area contributed by atoms with Crippen molar-refractivity contribution in [1.29, 1.82) is 0 Å². The Hall–Kier alpha value is -0.870. The minimum absolute atomic E-state index is 0.0522. The summed E-state index contributed by atoms with van der Waals surface area (Å²) in [6.45, 7) is 6.72. The van der Waals surface area contributed by atoms with Crippen LogP contribution in [0, 0.1) is 19.8 Å². The van der Waals surface area contributed by atoms with Crippen LogP contribution in [0.15, 0.2) is 16.6 Å². The van der Waals surface area contributed by atoms with Crippen LogP contribution >= 0.6 is 15.9 Å². The molecule has 4 heteroatoms. The zero-order valence-corrected chi connectivity index (χ0v) is 12.8. The molecule has 1 aromatic carbocycles. The lowest BCUT2D eigenvalue weighted by molar-refractivity contribution is -0.116. The fraction of sp³-hybridized carbons (Fsp3) is 0.500. The number of carbonyl (C=O) groups is 1. The molecule has 3 N–H and O–H groups in total. The molecule has 0 aliphatic carbocycles. The molecule has 0 saturated heterocycles. The van der Waals surface area contributed by atoms with Crippen molar-refractivity contribution in [1.82, 2.24) is 0 Å². The normalized spacial score (nSPS) is 12.3. The summed E-state index contributed by atoms with van der Waals surface area (Å²) in [7, 11) is 0. The summed E-state index contributed by atoms with van der Waals surface area (Å²) in [5.74, 6) is 0.445. The SMILES string of the molecule is Cc1cc(NC(=O)CCC(C)CN)cc(C)c1Br. The van der Waals surface area contributed by atoms with Crippen LogP contribution in [0.2, 0.25) is 0 Å². The van der Waals surface area contributed by atoms with E-state index in [4.69, 9.17) is 5.73 Å². The first-order valence-electron chi connectivity index (χ1n) is 6.20. The topological polar surface area (TPSA) is 55.1 Å². The average molecular weight is 313 g/mol. The first-order chi connectivity index (χ1) is 8.43. The van der Waals surface area contributed by atoms with Crippen molar-refractivity contribution >= 4 is 27.5 Å². The van der Waals surface area contributed by atoms with Gasteiger partial charge in [-0.25, -0.2) is 0 Å². The minimum atomic E-state index is 0.0522. The molecule has 0 heterocycles. The number of hydrogen-bond donors (Lipinski definition) is 2. The maximum Gasteiger partial charge on any atom is 0.224 e. The number of carbonyl (C=O) groups excluding carboxylic acids is 1. The standard InChI is InChI=1S/C14H21BrN2O/c1-9(8-16)4-5-13(18)17-12-6-10(2)14(15)11(3)7-12/h6-7,9H,4-5,8,16H2,1-3H3,(H,17,18). The molecule has 0 aliphatic heterocycles. The van der Waals surface area contributed by atoms with Crippen molar-refractivity contribution in [2.75, 3.05) is 11.9 Å². The highest BCUT2D eigenvalue weighted by atomic mass is 79.9. The highest BCUT2D eigenvalue weighted by Gasteiger charge is 2.08. The summed E-state index contributed by atoms with van der Waals surface area (Å²) in [5, 5.41) is 2.93. The number of amides is 1. The summed E-state index contributed by atoms with van der Waals surface area (Å²) in [4.78, 5) is 11.8. The Labute approximate surface area is 117 Å². The maximum atomic E-state index is 11.8. The van der Waals surface area contributed by atoms with Crippen LogP contribution in [0.3, 0.4) is 0 Å². The van der Waals surface area contributed by atoms with Gasteiger partial charge in [0, 0.05) is 16.6 Å². The largest absolute Gasteiger partial charge is 0.330 e. The fourth-order valence-electron chi connectivity index (χ4n) is 1.74. The molecule has 1 rings (SSSR count). The van der Waals surface area contributed by atoms with Gasteiger partial charge in [-0.3, -0.25) is 4.79 Å². The highest BCUT2D eigenvalue weighted by molar-refractivity contribution is 9.10. The predicted molar refractivity (Wildman–Crippen MR) is 79.7 cm³/mol. The zero-order chi connectivity index (χ0) is 13.7. The molecular formula is C14H21BrN2O. The molecular weight excluding hydrogens is 292 g/mol. The lowest BCUT2D eigenvalue weighted by Gasteiger charge is -2.11. The molecule has 0 aromatic heterocycles. The van der Waals surface area contributed by atoms with Gasteiger partial charge in [-0.2, -0.15) is 0 Å². The smallest absolute Gasteiger partial charge is 0.224 e. The average Bonchev–Trinajstić information content (AvgIpc) is 2.32. The quantitative estimate of drug-likeness (QED) is 0.875. The van der Waals surface area contributed by atoms with Crippen LogP contribution in [0.5, 0.6) is 0 Å². The van der Waals surface area contributed by atoms with Gasteiger partial charge in [0.25, 0.3) is 0 Å². The Balaban J connectivity index is 2.60. The lowest BCUT2D eigenvalue weighted by Crippen LogP contribution is -2.16. The van der Waals surface area contributed by atoms with E-state index in [0.717, 1.165) is 27.7 Å². The Morgan fingerprint density at radius 2 is 1.94 bits per heavy atom. The molecule has 0 spiro atoms. The number of aryl methyl sites for hydroxylation is 2. The van der Waals surface area contributed by atoms with E-state index in [1.165, 1.54) is 0 Å². The first kappa shape index (κ1) is 15.2. The number of benzene rings is 1. The monoisotopic (exact) mass is 312 g/mol. The van der Waals surface area contributed by atoms with Crippen LogP contribution in [-0.4, -0.2) is 12.5 Å². The maximum absolute atomic E-state index is 11.8. The molecule has 0 saturated carbocycles. The van der Waals surface area contributed by atoms with Crippen LogP contribution in [-0.2, 0) is 4.79 Å². The molecule has 0 radical (unpaired) electrons. The van der Waals surface area contributed by atoms with Crippen LogP contribution < -0.4 is 11.1 Å². The van der Waals surface area contributed by atoms with E-state index in [1.54, 1.807) is 0 Å². The van der Waals surface area contributed by atoms with Crippen molar-refractivity contribution < 1.29 is 4.79 Å². The number of halogens is 1. The third kappa shape index (κ3) is 4.42. The Kier molecular flexibility index (Phi) is 5.82. The minimum Gasteiger partial charge on any atom is -0.330 e. The molecule has 100 valence electrons. The third-order valence-corrected chi connectivity index (χ3v) is 4.24. The van der Waals surface area contributed by atoms with Gasteiger partial charge in [0.05, 0.1) is 0 Å². The molecule has 0 bridgehead atoms. The number of anilines is 1. The van der Waals surface area contributed by atoms with E-state index in [1.807, 2.05) is 26.0 Å². The van der Waals surface area contributed by atoms with Crippen molar-refractivity contribution in [2.45, 2.75) is 33.6 Å². The van der Waals surface area contributed by atoms with E-state index < -0.39 is 0 Å². The molecule has 0 fully saturated rings. The Bertz CT molecular complexity index is 409. The summed E-state index contributed by atoms with van der Waals surface area (Å²) >= 11 is 3.51. The molecule has 1 amide bonds. The Morgan fingerprint density at radius 3 is 2.44 bits per heavy atom. The van der Waals surface area contributed by atoms with Crippen molar-refractivity contribution in [3.8, 4) is 0 Å². The molecule has 18 heavy (non-hydrogen) atoms. The van der Waals surface area contributed by atoms with Gasteiger partial charge in [-0.15, -0.1) is 0 Å². The van der Waals surface area contributed by atoms with E-state index in [2.05, 4.69) is 28.2 Å². The predicted octanol–water partition coefficient (Wildman–Crippen LogP) is 3.38. The fourth-order valence-corrected chi connectivity index (χ4v) is 1.97. The first-order valence-corrected chi connectivity index (χ1v) is 7.00. The second kappa shape index (κ2) is 6.90. The molecule has 1 unspecified atom stereocenters. The summed E-state index contributed by atoms with van der Waals surface area (Å²) in [6.07, 6.45) is 1.35. The van der Waals surface area contributed by atoms with E-state index in [0.29, 0.717) is 18.9 Å². The van der Waals surface area contributed by atoms with Crippen molar-refractivity contribution in [3.63, 3.8) is 0 Å². The van der Waals surface area contributed by atoms with Gasteiger partial charge in [-0.05, 0) is 56.0 Å². The Morgan fingerprint density at radius 1 is 1.39 bits per heavy atom. The van der Waals surface area contributed by atoms with Crippen LogP contribution in [0.4, 0.5) is 5.69 Å². The van der Waals surface area contributed by atoms with E-state index in [9.17, 15) is 4.79 Å². The summed E-state index contributed by atoms with van der Waals surface area (Å²) in [5.41, 5.74) is 8.64. The van der Waals surface area contributed by atoms with Gasteiger partial charge >= 0.3 is 0 Å². The molecule has 0 aliphatic rings. The van der Waals surface area contributed by atoms with Crippen molar-refractivity contribution in [2.24, 2.45) is 11.7 Å². The summed E-state index contributed by atoms with van der Waals surface area (Å²) < 4.78 is 1.09. The molecule has 1 atom stereocenters. The van der Waals surface area contributed by atoms with Crippen LogP contribution in [0.25, 0.3) is 0 Å². The second-order valence-corrected chi connectivity index (χ2v) is 5.64. The zero-order valence-electron chi connectivity index (χ0n) is 11.2. The number of hydrogen-bond acceptors (Lipinski definition) is 2. The van der Waals surface area contributed by atoms with Gasteiger partial charge in [0.1, 0.15) is 0 Å². The lowest BCUT2D eigenvalue weighted by atomic mass is 10.1. The number of nitrogens with two attached hydrogens (primary N) is 1. The highest BCUT2D eigenvalue weighted by Crippen LogP contribution is 2.25. The van der Waals surface area contributed by atoms with Crippen molar-refractivity contribution in [3.05, 3.63) is 27.7 Å². The van der Waals surface area contributed by atoms with Gasteiger partial charge in [0.2, 0.25) is 5.91 Å². The number of nitrogens with one attached hydrogen (secondary N) is 1. The van der Waals surface area contributed by atoms with Gasteiger partial charge in [-0.1, -0.05) is 22.9 Å². The summed E-state index contributed by atoms with van der Waals surface area (Å²) in [6, 6.07) is 3.95. The molecule has 3 nitrogen and oxygen atoms in total. The van der Waals surface area contributed by atoms with Gasteiger partial charge < -0.3 is 11.1 Å². The number of rotatable bonds is 5. The van der Waals surface area contributed by atoms with Crippen LogP contribution in [0.1, 0.15) is 30.9 Å².